The normalized spacial score (nSPS) is 18.3. The van der Waals surface area contributed by atoms with Gasteiger partial charge in [0.2, 0.25) is 6.79 Å². The van der Waals surface area contributed by atoms with Crippen LogP contribution in [0.3, 0.4) is 0 Å². The summed E-state index contributed by atoms with van der Waals surface area (Å²) in [6, 6.07) is 26.8. The predicted octanol–water partition coefficient (Wildman–Crippen LogP) is 6.41. The van der Waals surface area contributed by atoms with Crippen LogP contribution >= 0.6 is 12.4 Å². The van der Waals surface area contributed by atoms with Crippen molar-refractivity contribution in [2.24, 2.45) is 0 Å². The number of fused-ring (bicyclic) bond motifs is 4. The number of benzene rings is 4. The molecule has 58 heavy (non-hydrogen) atoms. The number of ether oxygens (including phenoxy) is 4. The monoisotopic (exact) mass is 803 g/mol. The van der Waals surface area contributed by atoms with Crippen molar-refractivity contribution in [3.63, 3.8) is 0 Å². The fourth-order valence-corrected chi connectivity index (χ4v) is 9.09. The molecule has 1 fully saturated rings. The largest absolute Gasteiger partial charge is 0.508 e. The standard InChI is InChI=1S/C45H45N5O7.ClH/c1-46-13-12-30-21-33(8-11-39(30)46)50(32-6-9-35(51)10-7-32)45(53)38-22-40(48-16-19-55-27-41(38)48)36-23-42-43(57-28-56-42)24-37(36)44(52)49-25-31-5-3-2-4-29(31)20-34(49)26-47-14-17-54-18-15-47;/h2-11,21-24,34,51H,12-20,25-28H2,1H3;1H/t34-;/m0./s1. The maximum Gasteiger partial charge on any atom is 0.264 e. The summed E-state index contributed by atoms with van der Waals surface area (Å²) in [5.74, 6) is 0.859. The minimum atomic E-state index is -0.237. The molecule has 13 heteroatoms. The second-order valence-electron chi connectivity index (χ2n) is 15.5. The number of hydrogen-bond acceptors (Lipinski definition) is 9. The zero-order chi connectivity index (χ0) is 38.6. The first-order valence-corrected chi connectivity index (χ1v) is 19.8. The molecule has 0 spiro atoms. The van der Waals surface area contributed by atoms with E-state index in [4.69, 9.17) is 18.9 Å². The molecule has 1 aromatic heterocycles. The third-order valence-corrected chi connectivity index (χ3v) is 12.1. The summed E-state index contributed by atoms with van der Waals surface area (Å²) in [5.41, 5.74) is 9.20. The number of phenols is 1. The van der Waals surface area contributed by atoms with Crippen LogP contribution in [0.4, 0.5) is 17.1 Å². The van der Waals surface area contributed by atoms with Crippen molar-refractivity contribution in [2.45, 2.75) is 38.6 Å². The number of phenolic OH excluding ortho intramolecular Hbond substituents is 1. The lowest BCUT2D eigenvalue weighted by Crippen LogP contribution is -2.52. The van der Waals surface area contributed by atoms with Gasteiger partial charge >= 0.3 is 0 Å². The van der Waals surface area contributed by atoms with Crippen LogP contribution in [-0.2, 0) is 42.0 Å². The lowest BCUT2D eigenvalue weighted by atomic mass is 9.92. The number of anilines is 3. The van der Waals surface area contributed by atoms with Crippen LogP contribution < -0.4 is 19.3 Å². The summed E-state index contributed by atoms with van der Waals surface area (Å²) in [6.45, 7) is 6.41. The lowest BCUT2D eigenvalue weighted by molar-refractivity contribution is 0.0193. The number of carbonyl (C=O) groups is 2. The van der Waals surface area contributed by atoms with Crippen molar-refractivity contribution < 1.29 is 33.6 Å². The van der Waals surface area contributed by atoms with Crippen LogP contribution in [-0.4, -0.2) is 97.2 Å². The summed E-state index contributed by atoms with van der Waals surface area (Å²) in [6.07, 6.45) is 1.63. The van der Waals surface area contributed by atoms with Gasteiger partial charge in [0.05, 0.1) is 48.9 Å². The number of nitrogens with zero attached hydrogens (tertiary/aromatic N) is 5. The molecule has 5 aromatic rings. The first kappa shape index (κ1) is 38.0. The highest BCUT2D eigenvalue weighted by Crippen LogP contribution is 2.43. The predicted molar refractivity (Wildman–Crippen MR) is 222 cm³/mol. The smallest absolute Gasteiger partial charge is 0.264 e. The van der Waals surface area contributed by atoms with E-state index >= 15 is 9.59 Å². The van der Waals surface area contributed by atoms with Crippen LogP contribution in [0.2, 0.25) is 0 Å². The minimum Gasteiger partial charge on any atom is -0.508 e. The summed E-state index contributed by atoms with van der Waals surface area (Å²) in [7, 11) is 2.08. The Morgan fingerprint density at radius 3 is 2.34 bits per heavy atom. The Morgan fingerprint density at radius 1 is 0.793 bits per heavy atom. The Hall–Kier alpha value is -5.53. The van der Waals surface area contributed by atoms with Crippen molar-refractivity contribution in [2.75, 3.05) is 69.6 Å². The molecule has 10 rings (SSSR count). The fourth-order valence-electron chi connectivity index (χ4n) is 9.09. The van der Waals surface area contributed by atoms with E-state index in [1.165, 1.54) is 11.1 Å². The van der Waals surface area contributed by atoms with Gasteiger partial charge in [-0.2, -0.15) is 0 Å². The van der Waals surface area contributed by atoms with Crippen LogP contribution in [0.1, 0.15) is 43.1 Å². The summed E-state index contributed by atoms with van der Waals surface area (Å²) in [4.78, 5) is 38.7. The van der Waals surface area contributed by atoms with Crippen molar-refractivity contribution in [3.05, 3.63) is 118 Å². The summed E-state index contributed by atoms with van der Waals surface area (Å²) >= 11 is 0. The number of hydrogen-bond donors (Lipinski definition) is 1. The van der Waals surface area contributed by atoms with Crippen LogP contribution in [0.15, 0.2) is 84.9 Å². The molecule has 1 saturated heterocycles. The molecular weight excluding hydrogens is 758 g/mol. The molecule has 0 unspecified atom stereocenters. The second-order valence-corrected chi connectivity index (χ2v) is 15.5. The number of carbonyl (C=O) groups excluding carboxylic acids is 2. The molecular formula is C45H46ClN5O7. The van der Waals surface area contributed by atoms with Crippen molar-refractivity contribution in [1.29, 1.82) is 0 Å². The zero-order valence-electron chi connectivity index (χ0n) is 32.4. The highest BCUT2D eigenvalue weighted by Gasteiger charge is 2.36. The Balaban J connectivity index is 0.00000436. The molecule has 6 heterocycles. The third-order valence-electron chi connectivity index (χ3n) is 12.1. The van der Waals surface area contributed by atoms with E-state index < -0.39 is 0 Å². The van der Waals surface area contributed by atoms with E-state index in [2.05, 4.69) is 51.7 Å². The number of likely N-dealkylation sites (N-methyl/N-ethyl adjacent to an activating group) is 1. The quantitative estimate of drug-likeness (QED) is 0.200. The highest BCUT2D eigenvalue weighted by molar-refractivity contribution is 6.13. The molecule has 0 aliphatic carbocycles. The Morgan fingerprint density at radius 2 is 1.53 bits per heavy atom. The first-order valence-electron chi connectivity index (χ1n) is 19.8. The van der Waals surface area contributed by atoms with E-state index in [0.717, 1.165) is 67.3 Å². The van der Waals surface area contributed by atoms with Crippen molar-refractivity contribution >= 4 is 41.3 Å². The number of aromatic hydroxyl groups is 1. The molecule has 1 atom stereocenters. The summed E-state index contributed by atoms with van der Waals surface area (Å²) < 4.78 is 25.6. The fraction of sp³-hybridized carbons (Fsp3) is 0.333. The van der Waals surface area contributed by atoms with Crippen LogP contribution in [0.5, 0.6) is 17.2 Å². The number of morpholine rings is 1. The molecule has 5 aliphatic rings. The molecule has 5 aliphatic heterocycles. The average Bonchev–Trinajstić information content (AvgIpc) is 3.97. The molecule has 4 aromatic carbocycles. The molecule has 0 radical (unpaired) electrons. The highest BCUT2D eigenvalue weighted by atomic mass is 35.5. The van der Waals surface area contributed by atoms with E-state index in [1.807, 2.05) is 35.2 Å². The number of rotatable bonds is 7. The van der Waals surface area contributed by atoms with Gasteiger partial charge in [-0.15, -0.1) is 12.4 Å². The Labute approximate surface area is 343 Å². The molecule has 0 bridgehead atoms. The van der Waals surface area contributed by atoms with Crippen molar-refractivity contribution in [1.82, 2.24) is 14.4 Å². The maximum atomic E-state index is 15.2. The van der Waals surface area contributed by atoms with Gasteiger partial charge in [0.15, 0.2) is 11.5 Å². The van der Waals surface area contributed by atoms with E-state index in [0.29, 0.717) is 66.8 Å². The molecule has 2 amide bonds. The van der Waals surface area contributed by atoms with Gasteiger partial charge in [-0.1, -0.05) is 24.3 Å². The molecule has 0 saturated carbocycles. The second kappa shape index (κ2) is 15.7. The van der Waals surface area contributed by atoms with Crippen LogP contribution in [0, 0.1) is 0 Å². The number of halogens is 1. The van der Waals surface area contributed by atoms with Gasteiger partial charge < -0.3 is 38.4 Å². The lowest BCUT2D eigenvalue weighted by Gasteiger charge is -2.40. The van der Waals surface area contributed by atoms with Gasteiger partial charge in [0.1, 0.15) is 5.75 Å². The maximum absolute atomic E-state index is 15.2. The summed E-state index contributed by atoms with van der Waals surface area (Å²) in [5, 5.41) is 10.2. The zero-order valence-corrected chi connectivity index (χ0v) is 33.2. The molecule has 1 N–H and O–H groups in total. The van der Waals surface area contributed by atoms with E-state index in [1.54, 1.807) is 29.2 Å². The van der Waals surface area contributed by atoms with E-state index in [9.17, 15) is 5.11 Å². The third kappa shape index (κ3) is 6.83. The SMILES string of the molecule is CN1CCc2cc(N(C(=O)c3cc(-c4cc5c(cc4C(=O)N4Cc6ccccc6C[C@H]4CN4CCOCC4)OCO5)n4c3COCC4)c3ccc(O)cc3)ccc21.Cl. The Kier molecular flexibility index (Phi) is 10.3. The van der Waals surface area contributed by atoms with Crippen LogP contribution in [0.25, 0.3) is 11.3 Å². The van der Waals surface area contributed by atoms with Gasteiger partial charge in [0, 0.05) is 75.0 Å². The average molecular weight is 804 g/mol. The van der Waals surface area contributed by atoms with Gasteiger partial charge in [-0.3, -0.25) is 19.4 Å². The Bertz CT molecular complexity index is 2380. The van der Waals surface area contributed by atoms with E-state index in [-0.39, 0.29) is 49.4 Å². The van der Waals surface area contributed by atoms with Gasteiger partial charge in [0.25, 0.3) is 11.8 Å². The number of aromatic nitrogens is 1. The minimum absolute atomic E-state index is 0. The van der Waals surface area contributed by atoms with Gasteiger partial charge in [-0.25, -0.2) is 0 Å². The molecule has 12 nitrogen and oxygen atoms in total. The number of amides is 2. The topological polar surface area (TPSA) is 109 Å². The van der Waals surface area contributed by atoms with Gasteiger partial charge in [-0.05, 0) is 90.2 Å². The first-order chi connectivity index (χ1) is 27.9. The molecule has 300 valence electrons. The van der Waals surface area contributed by atoms with Crippen molar-refractivity contribution in [3.8, 4) is 28.5 Å².